The fourth-order valence-corrected chi connectivity index (χ4v) is 5.46. The van der Waals surface area contributed by atoms with Gasteiger partial charge in [0.1, 0.15) is 11.4 Å². The van der Waals surface area contributed by atoms with Crippen molar-refractivity contribution >= 4 is 39.7 Å². The summed E-state index contributed by atoms with van der Waals surface area (Å²) in [6.07, 6.45) is 4.22. The van der Waals surface area contributed by atoms with E-state index in [9.17, 15) is 18.0 Å². The smallest absolute Gasteiger partial charge is 0.309 e. The van der Waals surface area contributed by atoms with Crippen LogP contribution in [0, 0.1) is 19.8 Å². The van der Waals surface area contributed by atoms with Gasteiger partial charge in [-0.15, -0.1) is 0 Å². The van der Waals surface area contributed by atoms with E-state index in [0.717, 1.165) is 0 Å². The van der Waals surface area contributed by atoms with E-state index in [1.54, 1.807) is 51.1 Å². The molecular formula is C23H29N3O6S. The lowest BCUT2D eigenvalue weighted by atomic mass is 9.98. The summed E-state index contributed by atoms with van der Waals surface area (Å²) in [5.41, 5.74) is 2.31. The van der Waals surface area contributed by atoms with Crippen molar-refractivity contribution < 1.29 is 27.3 Å². The van der Waals surface area contributed by atoms with Crippen LogP contribution in [0.3, 0.4) is 0 Å². The van der Waals surface area contributed by atoms with E-state index >= 15 is 0 Å². The minimum absolute atomic E-state index is 0.218. The Morgan fingerprint density at radius 1 is 1.24 bits per heavy atom. The Kier molecular flexibility index (Phi) is 7.70. The summed E-state index contributed by atoms with van der Waals surface area (Å²) >= 11 is 0. The Balaban J connectivity index is 1.80. The first-order valence-electron chi connectivity index (χ1n) is 10.8. The van der Waals surface area contributed by atoms with Crippen LogP contribution >= 0.6 is 0 Å². The molecule has 0 saturated carbocycles. The normalized spacial score (nSPS) is 15.6. The quantitative estimate of drug-likeness (QED) is 0.610. The number of amides is 1. The zero-order valence-corrected chi connectivity index (χ0v) is 20.1. The Morgan fingerprint density at radius 3 is 2.58 bits per heavy atom. The van der Waals surface area contributed by atoms with Crippen LogP contribution in [-0.2, 0) is 24.3 Å². The highest BCUT2D eigenvalue weighted by Gasteiger charge is 2.33. The predicted molar refractivity (Wildman–Crippen MR) is 124 cm³/mol. The number of rotatable bonds is 7. The molecule has 9 nitrogen and oxygen atoms in total. The van der Waals surface area contributed by atoms with Gasteiger partial charge in [0.25, 0.3) is 0 Å². The number of carbonyl (C=O) groups excluding carboxylic acids is 2. The van der Waals surface area contributed by atoms with Crippen molar-refractivity contribution in [3.8, 4) is 0 Å². The number of nitrogens with zero attached hydrogens (tertiary/aromatic N) is 2. The average molecular weight is 476 g/mol. The number of nitrogens with one attached hydrogen (secondary N) is 1. The van der Waals surface area contributed by atoms with Crippen LogP contribution in [0.4, 0.5) is 5.69 Å². The molecule has 3 rings (SSSR count). The van der Waals surface area contributed by atoms with Crippen molar-refractivity contribution in [3.63, 3.8) is 0 Å². The molecule has 0 aliphatic carbocycles. The van der Waals surface area contributed by atoms with Crippen molar-refractivity contribution in [2.75, 3.05) is 25.0 Å². The highest BCUT2D eigenvalue weighted by Crippen LogP contribution is 2.28. The topological polar surface area (TPSA) is 119 Å². The number of hydrogen-bond acceptors (Lipinski definition) is 7. The largest absolute Gasteiger partial charge is 0.466 e. The molecule has 2 aromatic rings. The summed E-state index contributed by atoms with van der Waals surface area (Å²) in [6.45, 7) is 7.47. The number of sulfonamides is 1. The van der Waals surface area contributed by atoms with E-state index < -0.39 is 10.0 Å². The van der Waals surface area contributed by atoms with Crippen molar-refractivity contribution in [3.05, 3.63) is 40.8 Å². The number of piperidine rings is 1. The summed E-state index contributed by atoms with van der Waals surface area (Å²) in [5, 5.41) is 6.55. The molecular weight excluding hydrogens is 446 g/mol. The first kappa shape index (κ1) is 24.7. The van der Waals surface area contributed by atoms with Crippen molar-refractivity contribution in [2.24, 2.45) is 5.92 Å². The van der Waals surface area contributed by atoms with Gasteiger partial charge in [-0.05, 0) is 56.9 Å². The minimum atomic E-state index is -3.72. The second-order valence-corrected chi connectivity index (χ2v) is 9.88. The van der Waals surface area contributed by atoms with E-state index in [4.69, 9.17) is 9.26 Å². The first-order chi connectivity index (χ1) is 15.6. The molecule has 1 N–H and O–H groups in total. The van der Waals surface area contributed by atoms with E-state index in [2.05, 4.69) is 10.5 Å². The van der Waals surface area contributed by atoms with Gasteiger partial charge in [0.15, 0.2) is 5.76 Å². The van der Waals surface area contributed by atoms with Crippen molar-refractivity contribution in [1.82, 2.24) is 9.46 Å². The van der Waals surface area contributed by atoms with Gasteiger partial charge in [-0.3, -0.25) is 9.59 Å². The number of aryl methyl sites for hydroxylation is 2. The number of ether oxygens (including phenoxy) is 1. The SMILES string of the molecule is CCOC(=O)C1CCN(S(=O)(=O)c2cc(C=Cc3onc(C)c3NC(C)=O)ccc2C)CC1. The minimum Gasteiger partial charge on any atom is -0.466 e. The van der Waals surface area contributed by atoms with Crippen LogP contribution in [0.5, 0.6) is 0 Å². The molecule has 1 aliphatic rings. The van der Waals surface area contributed by atoms with Gasteiger partial charge in [-0.25, -0.2) is 8.42 Å². The fourth-order valence-electron chi connectivity index (χ4n) is 3.73. The molecule has 1 amide bonds. The molecule has 0 bridgehead atoms. The van der Waals surface area contributed by atoms with Crippen molar-refractivity contribution in [1.29, 1.82) is 0 Å². The molecule has 10 heteroatoms. The molecule has 33 heavy (non-hydrogen) atoms. The van der Waals surface area contributed by atoms with E-state index in [-0.39, 0.29) is 35.8 Å². The Morgan fingerprint density at radius 2 is 1.94 bits per heavy atom. The van der Waals surface area contributed by atoms with Gasteiger partial charge in [-0.2, -0.15) is 4.31 Å². The fraction of sp³-hybridized carbons (Fsp3) is 0.435. The van der Waals surface area contributed by atoms with Gasteiger partial charge in [-0.1, -0.05) is 23.4 Å². The van der Waals surface area contributed by atoms with Gasteiger partial charge >= 0.3 is 5.97 Å². The van der Waals surface area contributed by atoms with Gasteiger partial charge in [0.05, 0.1) is 17.4 Å². The average Bonchev–Trinajstić information content (AvgIpc) is 3.12. The lowest BCUT2D eigenvalue weighted by molar-refractivity contribution is -0.149. The molecule has 1 aliphatic heterocycles. The summed E-state index contributed by atoms with van der Waals surface area (Å²) < 4.78 is 38.4. The third kappa shape index (κ3) is 5.69. The van der Waals surface area contributed by atoms with Crippen LogP contribution in [0.25, 0.3) is 12.2 Å². The number of carbonyl (C=O) groups is 2. The molecule has 1 aromatic carbocycles. The maximum Gasteiger partial charge on any atom is 0.309 e. The zero-order valence-electron chi connectivity index (χ0n) is 19.3. The number of aromatic nitrogens is 1. The molecule has 1 aromatic heterocycles. The molecule has 178 valence electrons. The van der Waals surface area contributed by atoms with Crippen LogP contribution < -0.4 is 5.32 Å². The summed E-state index contributed by atoms with van der Waals surface area (Å²) in [5.74, 6) is -0.408. The highest BCUT2D eigenvalue weighted by atomic mass is 32.2. The Hall–Kier alpha value is -2.98. The molecule has 0 radical (unpaired) electrons. The van der Waals surface area contributed by atoms with Gasteiger partial charge < -0.3 is 14.6 Å². The lowest BCUT2D eigenvalue weighted by Crippen LogP contribution is -2.40. The van der Waals surface area contributed by atoms with Crippen LogP contribution in [0.1, 0.15) is 49.3 Å². The number of benzene rings is 1. The Labute approximate surface area is 193 Å². The monoisotopic (exact) mass is 475 g/mol. The molecule has 2 heterocycles. The van der Waals surface area contributed by atoms with Gasteiger partial charge in [0.2, 0.25) is 15.9 Å². The summed E-state index contributed by atoms with van der Waals surface area (Å²) in [4.78, 5) is 23.6. The summed E-state index contributed by atoms with van der Waals surface area (Å²) in [7, 11) is -3.72. The predicted octanol–water partition coefficient (Wildman–Crippen LogP) is 3.38. The summed E-state index contributed by atoms with van der Waals surface area (Å²) in [6, 6.07) is 5.16. The Bertz CT molecular complexity index is 1160. The van der Waals surface area contributed by atoms with Crippen LogP contribution in [0.15, 0.2) is 27.6 Å². The second kappa shape index (κ2) is 10.3. The highest BCUT2D eigenvalue weighted by molar-refractivity contribution is 7.89. The van der Waals surface area contributed by atoms with Gasteiger partial charge in [0, 0.05) is 20.0 Å². The third-order valence-electron chi connectivity index (χ3n) is 5.52. The van der Waals surface area contributed by atoms with Crippen LogP contribution in [-0.4, -0.2) is 49.5 Å². The molecule has 1 saturated heterocycles. The first-order valence-corrected chi connectivity index (χ1v) is 12.3. The lowest BCUT2D eigenvalue weighted by Gasteiger charge is -2.30. The molecule has 1 fully saturated rings. The molecule has 0 atom stereocenters. The standard InChI is InChI=1S/C23H29N3O6S/c1-5-31-23(28)19-10-12-26(13-11-19)33(29,30)21-14-18(7-6-15(21)2)8-9-20-22(24-17(4)27)16(3)25-32-20/h6-9,14,19H,5,10-13H2,1-4H3,(H,24,27). The number of anilines is 1. The zero-order chi connectivity index (χ0) is 24.2. The van der Waals surface area contributed by atoms with E-state index in [1.165, 1.54) is 11.2 Å². The third-order valence-corrected chi connectivity index (χ3v) is 7.56. The van der Waals surface area contributed by atoms with Crippen LogP contribution in [0.2, 0.25) is 0 Å². The maximum atomic E-state index is 13.3. The molecule has 0 unspecified atom stereocenters. The van der Waals surface area contributed by atoms with Crippen molar-refractivity contribution in [2.45, 2.75) is 45.4 Å². The molecule has 0 spiro atoms. The number of hydrogen-bond donors (Lipinski definition) is 1. The maximum absolute atomic E-state index is 13.3. The van der Waals surface area contributed by atoms with E-state index in [0.29, 0.717) is 47.7 Å². The second-order valence-electron chi connectivity index (χ2n) is 7.98. The number of esters is 1. The van der Waals surface area contributed by atoms with E-state index in [1.807, 2.05) is 0 Å².